The van der Waals surface area contributed by atoms with Gasteiger partial charge in [0.05, 0.1) is 5.56 Å². The molecule has 2 aromatic heterocycles. The highest BCUT2D eigenvalue weighted by Gasteiger charge is 2.20. The molecule has 0 aliphatic heterocycles. The van der Waals surface area contributed by atoms with Gasteiger partial charge in [0.15, 0.2) is 5.82 Å². The van der Waals surface area contributed by atoms with E-state index in [1.807, 2.05) is 37.5 Å². The van der Waals surface area contributed by atoms with Gasteiger partial charge in [-0.05, 0) is 33.3 Å². The summed E-state index contributed by atoms with van der Waals surface area (Å²) in [6.07, 6.45) is 3.05. The average Bonchev–Trinajstić information content (AvgIpc) is 3.06. The first-order valence-electron chi connectivity index (χ1n) is 8.11. The van der Waals surface area contributed by atoms with Gasteiger partial charge in [-0.25, -0.2) is 0 Å². The second-order valence-corrected chi connectivity index (χ2v) is 5.96. The fourth-order valence-electron chi connectivity index (χ4n) is 2.77. The van der Waals surface area contributed by atoms with E-state index < -0.39 is 0 Å². The summed E-state index contributed by atoms with van der Waals surface area (Å²) >= 11 is 0. The summed E-state index contributed by atoms with van der Waals surface area (Å²) in [7, 11) is 0. The van der Waals surface area contributed by atoms with Crippen LogP contribution in [-0.2, 0) is 0 Å². The fraction of sp³-hybridized carbons (Fsp3) is 0.529. The number of aromatic nitrogens is 2. The summed E-state index contributed by atoms with van der Waals surface area (Å²) in [4.78, 5) is 12.6. The highest BCUT2D eigenvalue weighted by Crippen LogP contribution is 2.20. The van der Waals surface area contributed by atoms with Crippen molar-refractivity contribution >= 4 is 18.3 Å². The number of nitrogens with two attached hydrogens (primary N) is 1. The molecule has 0 radical (unpaired) electrons. The molecule has 0 fully saturated rings. The van der Waals surface area contributed by atoms with Crippen LogP contribution in [0, 0.1) is 20.8 Å². The molecule has 2 aromatic rings. The van der Waals surface area contributed by atoms with Crippen molar-refractivity contribution in [2.45, 2.75) is 53.0 Å². The minimum absolute atomic E-state index is 0. The lowest BCUT2D eigenvalue weighted by atomic mass is 10.1. The van der Waals surface area contributed by atoms with Crippen LogP contribution in [0.2, 0.25) is 0 Å². The quantitative estimate of drug-likeness (QED) is 0.800. The van der Waals surface area contributed by atoms with Crippen LogP contribution >= 0.6 is 12.4 Å². The monoisotopic (exact) mass is 354 g/mol. The van der Waals surface area contributed by atoms with Gasteiger partial charge in [-0.15, -0.1) is 12.4 Å². The van der Waals surface area contributed by atoms with E-state index in [4.69, 9.17) is 10.3 Å². The Morgan fingerprint density at radius 1 is 1.38 bits per heavy atom. The summed E-state index contributed by atoms with van der Waals surface area (Å²) in [5.74, 6) is 1.34. The molecule has 0 spiro atoms. The molecule has 7 heteroatoms. The number of rotatable bonds is 7. The maximum atomic E-state index is 12.6. The molecule has 6 nitrogen and oxygen atoms in total. The van der Waals surface area contributed by atoms with Crippen molar-refractivity contribution in [1.29, 1.82) is 0 Å². The van der Waals surface area contributed by atoms with Crippen LogP contribution in [0.5, 0.6) is 0 Å². The van der Waals surface area contributed by atoms with Gasteiger partial charge in [-0.3, -0.25) is 9.36 Å². The number of unbranched alkanes of at least 4 members (excludes halogenated alkanes) is 1. The van der Waals surface area contributed by atoms with Gasteiger partial charge in [-0.1, -0.05) is 24.9 Å². The Kier molecular flexibility index (Phi) is 7.51. The summed E-state index contributed by atoms with van der Waals surface area (Å²) in [6.45, 7) is 8.29. The third kappa shape index (κ3) is 4.39. The summed E-state index contributed by atoms with van der Waals surface area (Å²) in [6, 6.07) is 3.74. The Bertz CT molecular complexity index is 678. The molecule has 2 heterocycles. The number of carbonyl (C=O) groups excluding carboxylic acids is 1. The molecule has 2 rings (SSSR count). The zero-order valence-electron chi connectivity index (χ0n) is 14.8. The second-order valence-electron chi connectivity index (χ2n) is 5.96. The molecule has 3 N–H and O–H groups in total. The van der Waals surface area contributed by atoms with Gasteiger partial charge >= 0.3 is 0 Å². The van der Waals surface area contributed by atoms with E-state index in [-0.39, 0.29) is 24.4 Å². The number of nitrogens with zero attached hydrogens (tertiary/aromatic N) is 2. The molecule has 24 heavy (non-hydrogen) atoms. The van der Waals surface area contributed by atoms with Crippen LogP contribution in [0.25, 0.3) is 5.82 Å². The molecule has 0 bridgehead atoms. The SMILES string of the molecule is CCCCC(CN)NC(=O)c1cc(C)n(-c2cc(C)on2)c1C.Cl. The van der Waals surface area contributed by atoms with E-state index in [0.29, 0.717) is 17.9 Å². The van der Waals surface area contributed by atoms with E-state index in [1.165, 1.54) is 0 Å². The lowest BCUT2D eigenvalue weighted by Crippen LogP contribution is -2.40. The van der Waals surface area contributed by atoms with Crippen molar-refractivity contribution < 1.29 is 9.32 Å². The number of hydrogen-bond donors (Lipinski definition) is 2. The van der Waals surface area contributed by atoms with Gasteiger partial charge in [0.2, 0.25) is 0 Å². The largest absolute Gasteiger partial charge is 0.360 e. The average molecular weight is 355 g/mol. The van der Waals surface area contributed by atoms with E-state index in [9.17, 15) is 4.79 Å². The number of aryl methyl sites for hydroxylation is 2. The van der Waals surface area contributed by atoms with Gasteiger partial charge in [-0.2, -0.15) is 0 Å². The highest BCUT2D eigenvalue weighted by atomic mass is 35.5. The van der Waals surface area contributed by atoms with Gasteiger partial charge in [0.1, 0.15) is 5.76 Å². The lowest BCUT2D eigenvalue weighted by Gasteiger charge is -2.16. The van der Waals surface area contributed by atoms with E-state index >= 15 is 0 Å². The predicted octanol–water partition coefficient (Wildman–Crippen LogP) is 3.06. The molecule has 1 unspecified atom stereocenters. The van der Waals surface area contributed by atoms with Gasteiger partial charge in [0.25, 0.3) is 5.91 Å². The molecule has 0 aromatic carbocycles. The van der Waals surface area contributed by atoms with Crippen molar-refractivity contribution in [2.24, 2.45) is 5.73 Å². The number of nitrogens with one attached hydrogen (secondary N) is 1. The Balaban J connectivity index is 0.00000288. The highest BCUT2D eigenvalue weighted by molar-refractivity contribution is 5.96. The maximum Gasteiger partial charge on any atom is 0.253 e. The molecular weight excluding hydrogens is 328 g/mol. The van der Waals surface area contributed by atoms with Crippen molar-refractivity contribution in [3.8, 4) is 5.82 Å². The van der Waals surface area contributed by atoms with E-state index in [2.05, 4.69) is 17.4 Å². The number of halogens is 1. The van der Waals surface area contributed by atoms with E-state index in [1.54, 1.807) is 0 Å². The Morgan fingerprint density at radius 2 is 2.08 bits per heavy atom. The summed E-state index contributed by atoms with van der Waals surface area (Å²) < 4.78 is 7.06. The van der Waals surface area contributed by atoms with Crippen LogP contribution < -0.4 is 11.1 Å². The molecule has 134 valence electrons. The van der Waals surface area contributed by atoms with Crippen LogP contribution in [-0.4, -0.2) is 28.2 Å². The first kappa shape index (κ1) is 20.3. The Labute approximate surface area is 149 Å². The minimum atomic E-state index is -0.0869. The summed E-state index contributed by atoms with van der Waals surface area (Å²) in [5.41, 5.74) is 8.21. The smallest absolute Gasteiger partial charge is 0.253 e. The molecule has 0 saturated heterocycles. The molecular formula is C17H27ClN4O2. The third-order valence-electron chi connectivity index (χ3n) is 4.05. The first-order chi connectivity index (χ1) is 11.0. The second kappa shape index (κ2) is 8.89. The van der Waals surface area contributed by atoms with Crippen molar-refractivity contribution in [1.82, 2.24) is 15.0 Å². The number of carbonyl (C=O) groups is 1. The van der Waals surface area contributed by atoms with Crippen molar-refractivity contribution in [3.05, 3.63) is 34.8 Å². The Morgan fingerprint density at radius 3 is 2.62 bits per heavy atom. The zero-order chi connectivity index (χ0) is 17.0. The molecule has 0 saturated carbocycles. The van der Waals surface area contributed by atoms with Gasteiger partial charge < -0.3 is 15.6 Å². The maximum absolute atomic E-state index is 12.6. The van der Waals surface area contributed by atoms with Crippen molar-refractivity contribution in [3.63, 3.8) is 0 Å². The molecule has 0 aliphatic carbocycles. The third-order valence-corrected chi connectivity index (χ3v) is 4.05. The lowest BCUT2D eigenvalue weighted by molar-refractivity contribution is 0.0935. The van der Waals surface area contributed by atoms with Crippen LogP contribution in [0.3, 0.4) is 0 Å². The number of hydrogen-bond acceptors (Lipinski definition) is 4. The molecule has 1 amide bonds. The van der Waals surface area contributed by atoms with Crippen molar-refractivity contribution in [2.75, 3.05) is 6.54 Å². The Hall–Kier alpha value is -1.79. The van der Waals surface area contributed by atoms with Crippen LogP contribution in [0.1, 0.15) is 53.7 Å². The fourth-order valence-corrected chi connectivity index (χ4v) is 2.77. The standard InChI is InChI=1S/C17H26N4O2.ClH/c1-5-6-7-14(10-18)19-17(22)15-8-11(2)21(13(15)4)16-9-12(3)23-20-16;/h8-9,14H,5-7,10,18H2,1-4H3,(H,19,22);1H. The molecule has 0 aliphatic rings. The van der Waals surface area contributed by atoms with Gasteiger partial charge in [0, 0.05) is 30.0 Å². The van der Waals surface area contributed by atoms with E-state index in [0.717, 1.165) is 36.4 Å². The predicted molar refractivity (Wildman–Crippen MR) is 97.1 cm³/mol. The van der Waals surface area contributed by atoms with Crippen LogP contribution in [0.4, 0.5) is 0 Å². The topological polar surface area (TPSA) is 86.1 Å². The summed E-state index contributed by atoms with van der Waals surface area (Å²) in [5, 5.41) is 7.07. The first-order valence-corrected chi connectivity index (χ1v) is 8.11. The van der Waals surface area contributed by atoms with Crippen LogP contribution in [0.15, 0.2) is 16.7 Å². The zero-order valence-corrected chi connectivity index (χ0v) is 15.6. The normalized spacial score (nSPS) is 11.9. The molecule has 1 atom stereocenters. The number of amides is 1. The minimum Gasteiger partial charge on any atom is -0.360 e.